The van der Waals surface area contributed by atoms with Gasteiger partial charge in [0.05, 0.1) is 9.79 Å². The minimum Gasteiger partial charge on any atom is -0.478 e. The number of aliphatic carboxylic acids is 1. The number of nitrogens with zero attached hydrogens (tertiary/aromatic N) is 1. The highest BCUT2D eigenvalue weighted by Crippen LogP contribution is 2.25. The molecule has 180 valence electrons. The van der Waals surface area contributed by atoms with Crippen LogP contribution >= 0.6 is 0 Å². The minimum absolute atomic E-state index is 0.00646. The van der Waals surface area contributed by atoms with Crippen LogP contribution in [-0.4, -0.2) is 45.5 Å². The van der Waals surface area contributed by atoms with Crippen LogP contribution in [0.2, 0.25) is 0 Å². The highest BCUT2D eigenvalue weighted by Gasteiger charge is 2.24. The maximum absolute atomic E-state index is 12.8. The summed E-state index contributed by atoms with van der Waals surface area (Å²) in [7, 11) is -5.70. The van der Waals surface area contributed by atoms with Crippen molar-refractivity contribution in [1.82, 2.24) is 4.31 Å². The van der Waals surface area contributed by atoms with Crippen LogP contribution in [0.25, 0.3) is 0 Å². The summed E-state index contributed by atoms with van der Waals surface area (Å²) >= 11 is 0. The van der Waals surface area contributed by atoms with Gasteiger partial charge in [-0.1, -0.05) is 42.0 Å². The molecule has 0 aliphatic rings. The van der Waals surface area contributed by atoms with E-state index in [1.165, 1.54) is 47.8 Å². The summed E-state index contributed by atoms with van der Waals surface area (Å²) in [5.74, 6) is -1.04. The molecule has 10 heteroatoms. The van der Waals surface area contributed by atoms with Gasteiger partial charge >= 0.3 is 5.97 Å². The Hall–Kier alpha value is -3.21. The fourth-order valence-electron chi connectivity index (χ4n) is 3.21. The Kier molecular flexibility index (Phi) is 7.44. The standard InChI is InChI=1S/C24H25NO7S2/c1-17-7-13-21(14-8-17)34(30,31)25(2)16-18-9-11-20(12-10-18)32-23(24(26)27)19-5-4-6-22(15-19)33(3,28)29/h4-15,23H,16H2,1-3H3,(H,26,27). The molecule has 0 aromatic heterocycles. The summed E-state index contributed by atoms with van der Waals surface area (Å²) in [6.07, 6.45) is -0.380. The molecule has 0 heterocycles. The van der Waals surface area contributed by atoms with Gasteiger partial charge < -0.3 is 9.84 Å². The lowest BCUT2D eigenvalue weighted by molar-refractivity contribution is -0.145. The molecule has 3 aromatic rings. The van der Waals surface area contributed by atoms with Gasteiger partial charge in [0.1, 0.15) is 5.75 Å². The number of hydrogen-bond donors (Lipinski definition) is 1. The number of carbonyl (C=O) groups is 1. The van der Waals surface area contributed by atoms with Crippen molar-refractivity contribution < 1.29 is 31.5 Å². The van der Waals surface area contributed by atoms with E-state index in [0.717, 1.165) is 11.8 Å². The number of sulfonamides is 1. The Morgan fingerprint density at radius 3 is 2.12 bits per heavy atom. The molecule has 0 saturated carbocycles. The zero-order chi connectivity index (χ0) is 25.1. The normalized spacial score (nSPS) is 12.9. The number of benzene rings is 3. The van der Waals surface area contributed by atoms with Crippen LogP contribution in [0, 0.1) is 6.92 Å². The molecule has 0 spiro atoms. The van der Waals surface area contributed by atoms with E-state index in [4.69, 9.17) is 4.74 Å². The first kappa shape index (κ1) is 25.4. The van der Waals surface area contributed by atoms with Gasteiger partial charge in [0.2, 0.25) is 16.1 Å². The minimum atomic E-state index is -3.67. The molecule has 3 rings (SSSR count). The van der Waals surface area contributed by atoms with Gasteiger partial charge in [-0.25, -0.2) is 21.6 Å². The Labute approximate surface area is 199 Å². The Morgan fingerprint density at radius 1 is 0.941 bits per heavy atom. The first-order valence-corrected chi connectivity index (χ1v) is 13.5. The van der Waals surface area contributed by atoms with E-state index in [9.17, 15) is 26.7 Å². The summed E-state index contributed by atoms with van der Waals surface area (Å²) < 4.78 is 56.0. The number of sulfone groups is 1. The third kappa shape index (κ3) is 6.02. The molecule has 1 unspecified atom stereocenters. The predicted molar refractivity (Wildman–Crippen MR) is 127 cm³/mol. The van der Waals surface area contributed by atoms with Gasteiger partial charge in [0.15, 0.2) is 9.84 Å². The molecule has 1 N–H and O–H groups in total. The van der Waals surface area contributed by atoms with E-state index in [1.54, 1.807) is 36.4 Å². The zero-order valence-electron chi connectivity index (χ0n) is 18.9. The van der Waals surface area contributed by atoms with E-state index >= 15 is 0 Å². The second-order valence-electron chi connectivity index (χ2n) is 7.90. The second kappa shape index (κ2) is 9.96. The molecule has 1 atom stereocenters. The molecular formula is C24H25NO7S2. The monoisotopic (exact) mass is 503 g/mol. The van der Waals surface area contributed by atoms with Crippen LogP contribution in [0.3, 0.4) is 0 Å². The van der Waals surface area contributed by atoms with Crippen LogP contribution in [0.5, 0.6) is 5.75 Å². The molecule has 3 aromatic carbocycles. The largest absolute Gasteiger partial charge is 0.478 e. The summed E-state index contributed by atoms with van der Waals surface area (Å²) in [6.45, 7) is 1.98. The molecule has 0 radical (unpaired) electrons. The lowest BCUT2D eigenvalue weighted by atomic mass is 10.1. The molecule has 0 aliphatic carbocycles. The van der Waals surface area contributed by atoms with Crippen LogP contribution in [0.1, 0.15) is 22.8 Å². The number of carboxylic acids is 1. The van der Waals surface area contributed by atoms with Crippen molar-refractivity contribution in [3.05, 3.63) is 89.5 Å². The molecular weight excluding hydrogens is 478 g/mol. The maximum atomic E-state index is 12.8. The fraction of sp³-hybridized carbons (Fsp3) is 0.208. The number of aryl methyl sites for hydroxylation is 1. The summed E-state index contributed by atoms with van der Waals surface area (Å²) in [5.41, 5.74) is 1.82. The van der Waals surface area contributed by atoms with E-state index in [0.29, 0.717) is 5.56 Å². The number of ether oxygens (including phenoxy) is 1. The first-order valence-electron chi connectivity index (χ1n) is 10.2. The molecule has 0 amide bonds. The predicted octanol–water partition coefficient (Wildman–Crippen LogP) is 3.42. The molecule has 0 bridgehead atoms. The first-order chi connectivity index (χ1) is 15.9. The number of rotatable bonds is 9. The summed E-state index contributed by atoms with van der Waals surface area (Å²) in [4.78, 5) is 12.0. The average Bonchev–Trinajstić information content (AvgIpc) is 2.78. The molecule has 8 nitrogen and oxygen atoms in total. The van der Waals surface area contributed by atoms with Gasteiger partial charge in [-0.3, -0.25) is 0 Å². The third-order valence-electron chi connectivity index (χ3n) is 5.12. The lowest BCUT2D eigenvalue weighted by Gasteiger charge is -2.19. The topological polar surface area (TPSA) is 118 Å². The van der Waals surface area contributed by atoms with Crippen molar-refractivity contribution in [2.75, 3.05) is 13.3 Å². The van der Waals surface area contributed by atoms with Crippen LogP contribution in [-0.2, 0) is 31.2 Å². The van der Waals surface area contributed by atoms with Crippen molar-refractivity contribution in [2.24, 2.45) is 0 Å². The van der Waals surface area contributed by atoms with E-state index in [2.05, 4.69) is 0 Å². The molecule has 0 aliphatic heterocycles. The smallest absolute Gasteiger partial charge is 0.349 e. The van der Waals surface area contributed by atoms with E-state index < -0.39 is 31.9 Å². The van der Waals surface area contributed by atoms with Crippen LogP contribution in [0.4, 0.5) is 0 Å². The van der Waals surface area contributed by atoms with Crippen molar-refractivity contribution in [3.8, 4) is 5.75 Å². The van der Waals surface area contributed by atoms with E-state index in [-0.39, 0.29) is 27.6 Å². The maximum Gasteiger partial charge on any atom is 0.349 e. The SMILES string of the molecule is Cc1ccc(S(=O)(=O)N(C)Cc2ccc(OC(C(=O)O)c3cccc(S(C)(=O)=O)c3)cc2)cc1. The van der Waals surface area contributed by atoms with E-state index in [1.807, 2.05) is 6.92 Å². The quantitative estimate of drug-likeness (QED) is 0.475. The molecule has 34 heavy (non-hydrogen) atoms. The Bertz CT molecular complexity index is 1380. The van der Waals surface area contributed by atoms with Gasteiger partial charge in [0, 0.05) is 25.4 Å². The van der Waals surface area contributed by atoms with Gasteiger partial charge in [0.25, 0.3) is 0 Å². The number of hydrogen-bond acceptors (Lipinski definition) is 6. The second-order valence-corrected chi connectivity index (χ2v) is 12.0. The van der Waals surface area contributed by atoms with Gasteiger partial charge in [-0.05, 0) is 48.9 Å². The number of carboxylic acid groups (broad SMARTS) is 1. The summed E-state index contributed by atoms with van der Waals surface area (Å²) in [6, 6.07) is 18.5. The van der Waals surface area contributed by atoms with Crippen molar-refractivity contribution in [3.63, 3.8) is 0 Å². The Balaban J connectivity index is 1.75. The van der Waals surface area contributed by atoms with Crippen molar-refractivity contribution in [2.45, 2.75) is 29.4 Å². The molecule has 0 fully saturated rings. The van der Waals surface area contributed by atoms with Gasteiger partial charge in [-0.15, -0.1) is 0 Å². The Morgan fingerprint density at radius 2 is 1.56 bits per heavy atom. The average molecular weight is 504 g/mol. The zero-order valence-corrected chi connectivity index (χ0v) is 20.5. The fourth-order valence-corrected chi connectivity index (χ4v) is 5.05. The van der Waals surface area contributed by atoms with Crippen molar-refractivity contribution in [1.29, 1.82) is 0 Å². The molecule has 0 saturated heterocycles. The van der Waals surface area contributed by atoms with Crippen LogP contribution < -0.4 is 4.74 Å². The lowest BCUT2D eigenvalue weighted by Crippen LogP contribution is -2.26. The van der Waals surface area contributed by atoms with Crippen LogP contribution in [0.15, 0.2) is 82.6 Å². The van der Waals surface area contributed by atoms with Gasteiger partial charge in [-0.2, -0.15) is 4.31 Å². The highest BCUT2D eigenvalue weighted by molar-refractivity contribution is 7.90. The highest BCUT2D eigenvalue weighted by atomic mass is 32.2. The van der Waals surface area contributed by atoms with Crippen molar-refractivity contribution >= 4 is 25.8 Å². The third-order valence-corrected chi connectivity index (χ3v) is 8.05. The summed E-state index contributed by atoms with van der Waals surface area (Å²) in [5, 5.41) is 9.62.